The minimum absolute atomic E-state index is 0.0331. The Balaban J connectivity index is 2.54. The van der Waals surface area contributed by atoms with E-state index in [0.29, 0.717) is 10.3 Å². The molecule has 0 atom stereocenters. The average Bonchev–Trinajstić information content (AvgIpc) is 2.43. The fourth-order valence-corrected chi connectivity index (χ4v) is 1.73. The van der Waals surface area contributed by atoms with Gasteiger partial charge < -0.3 is 9.94 Å². The van der Waals surface area contributed by atoms with Crippen LogP contribution in [0.25, 0.3) is 11.1 Å². The molecule has 0 bridgehead atoms. The summed E-state index contributed by atoms with van der Waals surface area (Å²) in [7, 11) is 0. The van der Waals surface area contributed by atoms with E-state index in [2.05, 4.69) is 0 Å². The first-order chi connectivity index (χ1) is 9.13. The van der Waals surface area contributed by atoms with Crippen molar-refractivity contribution in [1.29, 1.82) is 5.41 Å². The molecule has 0 aliphatic carbocycles. The van der Waals surface area contributed by atoms with Gasteiger partial charge in [0.2, 0.25) is 0 Å². The molecule has 2 rings (SSSR count). The number of rotatable bonds is 3. The van der Waals surface area contributed by atoms with Crippen molar-refractivity contribution >= 4 is 5.97 Å². The highest BCUT2D eigenvalue weighted by atomic mass is 16.5. The van der Waals surface area contributed by atoms with E-state index < -0.39 is 5.97 Å². The van der Waals surface area contributed by atoms with Crippen molar-refractivity contribution in [3.8, 4) is 11.1 Å². The minimum atomic E-state index is -0.618. The lowest BCUT2D eigenvalue weighted by molar-refractivity contribution is 0.0516. The summed E-state index contributed by atoms with van der Waals surface area (Å²) in [4.78, 5) is 11.7. The van der Waals surface area contributed by atoms with Crippen LogP contribution in [-0.4, -0.2) is 22.5 Å². The van der Waals surface area contributed by atoms with Crippen LogP contribution in [0.1, 0.15) is 17.3 Å². The highest BCUT2D eigenvalue weighted by molar-refractivity contribution is 5.90. The molecule has 1 heterocycles. The van der Waals surface area contributed by atoms with Gasteiger partial charge in [-0.15, -0.1) is 0 Å². The Morgan fingerprint density at radius 1 is 1.32 bits per heavy atom. The maximum Gasteiger partial charge on any atom is 0.342 e. The zero-order valence-electron chi connectivity index (χ0n) is 10.5. The largest absolute Gasteiger partial charge is 0.462 e. The molecule has 0 saturated carbocycles. The van der Waals surface area contributed by atoms with Gasteiger partial charge >= 0.3 is 5.97 Å². The highest BCUT2D eigenvalue weighted by Crippen LogP contribution is 2.18. The molecule has 0 aliphatic rings. The zero-order chi connectivity index (χ0) is 13.8. The van der Waals surface area contributed by atoms with Crippen molar-refractivity contribution in [2.75, 3.05) is 6.61 Å². The Labute approximate surface area is 110 Å². The van der Waals surface area contributed by atoms with Gasteiger partial charge in [0.15, 0.2) is 5.49 Å². The van der Waals surface area contributed by atoms with E-state index in [-0.39, 0.29) is 17.7 Å². The summed E-state index contributed by atoms with van der Waals surface area (Å²) in [6.07, 6.45) is 1.39. The molecule has 2 aromatic rings. The maximum absolute atomic E-state index is 11.7. The Kier molecular flexibility index (Phi) is 3.66. The lowest BCUT2D eigenvalue weighted by Gasteiger charge is -2.08. The third-order valence-corrected chi connectivity index (χ3v) is 2.65. The van der Waals surface area contributed by atoms with E-state index in [1.165, 1.54) is 6.20 Å². The second kappa shape index (κ2) is 5.39. The van der Waals surface area contributed by atoms with Crippen LogP contribution in [0, 0.1) is 5.41 Å². The van der Waals surface area contributed by atoms with Gasteiger partial charge in [0, 0.05) is 5.56 Å². The number of hydrogen-bond donors (Lipinski definition) is 2. The summed E-state index contributed by atoms with van der Waals surface area (Å²) in [6, 6.07) is 10.8. The summed E-state index contributed by atoms with van der Waals surface area (Å²) < 4.78 is 5.49. The van der Waals surface area contributed by atoms with Crippen molar-refractivity contribution in [1.82, 2.24) is 4.73 Å². The summed E-state index contributed by atoms with van der Waals surface area (Å²) in [6.45, 7) is 1.91. The van der Waals surface area contributed by atoms with Gasteiger partial charge in [0.25, 0.3) is 0 Å². The Morgan fingerprint density at radius 2 is 2.00 bits per heavy atom. The molecule has 0 aliphatic heterocycles. The summed E-state index contributed by atoms with van der Waals surface area (Å²) in [5, 5.41) is 17.4. The van der Waals surface area contributed by atoms with Gasteiger partial charge in [-0.3, -0.25) is 5.41 Å². The first-order valence-corrected chi connectivity index (χ1v) is 5.86. The number of ether oxygens (including phenoxy) is 1. The molecule has 0 radical (unpaired) electrons. The number of carbonyl (C=O) groups is 1. The third-order valence-electron chi connectivity index (χ3n) is 2.65. The fraction of sp³-hybridized carbons (Fsp3) is 0.143. The summed E-state index contributed by atoms with van der Waals surface area (Å²) in [5.41, 5.74) is 1.22. The maximum atomic E-state index is 11.7. The molecule has 1 aromatic carbocycles. The third kappa shape index (κ3) is 2.65. The molecule has 0 unspecified atom stereocenters. The van der Waals surface area contributed by atoms with Gasteiger partial charge in [-0.05, 0) is 18.6 Å². The lowest BCUT2D eigenvalue weighted by atomic mass is 10.1. The summed E-state index contributed by atoms with van der Waals surface area (Å²) >= 11 is 0. The molecule has 0 saturated heterocycles. The smallest absolute Gasteiger partial charge is 0.342 e. The molecule has 5 nitrogen and oxygen atoms in total. The Morgan fingerprint density at radius 3 is 2.63 bits per heavy atom. The van der Waals surface area contributed by atoms with Crippen LogP contribution in [0.5, 0.6) is 0 Å². The number of nitrogens with zero attached hydrogens (tertiary/aromatic N) is 1. The number of esters is 1. The second-order valence-electron chi connectivity index (χ2n) is 3.92. The number of nitrogens with one attached hydrogen (secondary N) is 1. The van der Waals surface area contributed by atoms with Gasteiger partial charge in [-0.2, -0.15) is 4.73 Å². The van der Waals surface area contributed by atoms with Crippen LogP contribution in [0.4, 0.5) is 0 Å². The van der Waals surface area contributed by atoms with Crippen LogP contribution < -0.4 is 5.49 Å². The predicted octanol–water partition coefficient (Wildman–Crippen LogP) is 2.05. The molecule has 1 aromatic heterocycles. The van der Waals surface area contributed by atoms with Crippen molar-refractivity contribution in [2.24, 2.45) is 0 Å². The van der Waals surface area contributed by atoms with Gasteiger partial charge in [-0.1, -0.05) is 30.3 Å². The molecule has 19 heavy (non-hydrogen) atoms. The Hall–Kier alpha value is -2.56. The van der Waals surface area contributed by atoms with Gasteiger partial charge in [-0.25, -0.2) is 4.79 Å². The lowest BCUT2D eigenvalue weighted by Crippen LogP contribution is -2.26. The molecule has 5 heteroatoms. The SMILES string of the molecule is CCOC(=O)c1cc(-c2ccccc2)cn(O)c1=N. The normalized spacial score (nSPS) is 10.2. The molecule has 0 amide bonds. The molecule has 0 spiro atoms. The molecular weight excluding hydrogens is 244 g/mol. The number of carbonyl (C=O) groups excluding carboxylic acids is 1. The monoisotopic (exact) mass is 258 g/mol. The number of aromatic nitrogens is 1. The molecule has 98 valence electrons. The number of benzene rings is 1. The predicted molar refractivity (Wildman–Crippen MR) is 68.9 cm³/mol. The van der Waals surface area contributed by atoms with Crippen LogP contribution >= 0.6 is 0 Å². The Bertz CT molecular complexity index is 647. The fourth-order valence-electron chi connectivity index (χ4n) is 1.73. The van der Waals surface area contributed by atoms with Crippen LogP contribution in [0.2, 0.25) is 0 Å². The van der Waals surface area contributed by atoms with Gasteiger partial charge in [0.05, 0.1) is 12.8 Å². The van der Waals surface area contributed by atoms with E-state index in [4.69, 9.17) is 10.1 Å². The van der Waals surface area contributed by atoms with E-state index in [0.717, 1.165) is 5.56 Å². The quantitative estimate of drug-likeness (QED) is 0.653. The number of pyridine rings is 1. The second-order valence-corrected chi connectivity index (χ2v) is 3.92. The van der Waals surface area contributed by atoms with E-state index in [9.17, 15) is 10.0 Å². The van der Waals surface area contributed by atoms with E-state index in [1.54, 1.807) is 13.0 Å². The average molecular weight is 258 g/mol. The standard InChI is InChI=1S/C14H14N2O3/c1-2-19-14(17)12-8-11(9-16(18)13(12)15)10-6-4-3-5-7-10/h3-9,15,18H,2H2,1H3. The molecule has 2 N–H and O–H groups in total. The molecular formula is C14H14N2O3. The van der Waals surface area contributed by atoms with Crippen LogP contribution in [0.15, 0.2) is 42.6 Å². The minimum Gasteiger partial charge on any atom is -0.462 e. The van der Waals surface area contributed by atoms with Gasteiger partial charge in [0.1, 0.15) is 5.56 Å². The summed E-state index contributed by atoms with van der Waals surface area (Å²) in [5.74, 6) is -0.618. The number of hydrogen-bond acceptors (Lipinski definition) is 4. The first-order valence-electron chi connectivity index (χ1n) is 5.86. The van der Waals surface area contributed by atoms with E-state index in [1.807, 2.05) is 30.3 Å². The van der Waals surface area contributed by atoms with Crippen molar-refractivity contribution in [3.63, 3.8) is 0 Å². The zero-order valence-corrected chi connectivity index (χ0v) is 10.5. The first kappa shape index (κ1) is 12.9. The molecule has 0 fully saturated rings. The topological polar surface area (TPSA) is 75.3 Å². The van der Waals surface area contributed by atoms with Crippen molar-refractivity contribution < 1.29 is 14.7 Å². The van der Waals surface area contributed by atoms with Crippen LogP contribution in [-0.2, 0) is 4.74 Å². The van der Waals surface area contributed by atoms with Crippen molar-refractivity contribution in [3.05, 3.63) is 53.6 Å². The highest BCUT2D eigenvalue weighted by Gasteiger charge is 2.13. The van der Waals surface area contributed by atoms with Crippen LogP contribution in [0.3, 0.4) is 0 Å². The van der Waals surface area contributed by atoms with Crippen molar-refractivity contribution in [2.45, 2.75) is 6.92 Å². The van der Waals surface area contributed by atoms with E-state index >= 15 is 0 Å².